The van der Waals surface area contributed by atoms with E-state index >= 15 is 0 Å². The van der Waals surface area contributed by atoms with Crippen LogP contribution in [0.2, 0.25) is 0 Å². The number of anilines is 1. The van der Waals surface area contributed by atoms with Gasteiger partial charge in [-0.05, 0) is 48.9 Å². The molecule has 0 radical (unpaired) electrons. The minimum atomic E-state index is -0.461. The normalized spacial score (nSPS) is 10.6. The number of amides is 2. The number of carbonyl (C=O) groups is 2. The summed E-state index contributed by atoms with van der Waals surface area (Å²) in [7, 11) is 3.01. The Kier molecular flexibility index (Phi) is 7.62. The largest absolute Gasteiger partial charge is 0.493 e. The number of benzene rings is 3. The van der Waals surface area contributed by atoms with Gasteiger partial charge in [0.15, 0.2) is 11.5 Å². The van der Waals surface area contributed by atoms with Crippen LogP contribution in [0.3, 0.4) is 0 Å². The van der Waals surface area contributed by atoms with Gasteiger partial charge in [-0.15, -0.1) is 0 Å². The first-order chi connectivity index (χ1) is 15.4. The van der Waals surface area contributed by atoms with Crippen LogP contribution in [0.1, 0.15) is 31.8 Å². The molecule has 0 saturated heterocycles. The highest BCUT2D eigenvalue weighted by atomic mass is 79.9. The molecule has 2 N–H and O–H groups in total. The highest BCUT2D eigenvalue weighted by molar-refractivity contribution is 9.10. The highest BCUT2D eigenvalue weighted by Gasteiger charge is 2.16. The smallest absolute Gasteiger partial charge is 0.273 e. The predicted molar refractivity (Wildman–Crippen MR) is 128 cm³/mol. The lowest BCUT2D eigenvalue weighted by atomic mass is 10.1. The summed E-state index contributed by atoms with van der Waals surface area (Å²) in [4.78, 5) is 25.5. The molecule has 0 heterocycles. The topological polar surface area (TPSA) is 89.0 Å². The molecule has 3 rings (SSSR count). The van der Waals surface area contributed by atoms with Gasteiger partial charge in [-0.25, -0.2) is 5.43 Å². The van der Waals surface area contributed by atoms with E-state index < -0.39 is 11.8 Å². The fourth-order valence-corrected chi connectivity index (χ4v) is 3.22. The fraction of sp³-hybridized carbons (Fsp3) is 0.125. The molecule has 164 valence electrons. The van der Waals surface area contributed by atoms with Crippen LogP contribution >= 0.6 is 15.9 Å². The Morgan fingerprint density at radius 2 is 1.62 bits per heavy atom. The number of ether oxygens (including phenoxy) is 2. The van der Waals surface area contributed by atoms with E-state index in [1.54, 1.807) is 42.6 Å². The summed E-state index contributed by atoms with van der Waals surface area (Å²) >= 11 is 3.36. The number of carbonyl (C=O) groups excluding carboxylic acids is 2. The molecule has 0 atom stereocenters. The summed E-state index contributed by atoms with van der Waals surface area (Å²) in [6, 6.07) is 17.5. The number of aryl methyl sites for hydroxylation is 1. The molecule has 0 aliphatic rings. The number of halogens is 1. The van der Waals surface area contributed by atoms with Gasteiger partial charge in [0.1, 0.15) is 0 Å². The van der Waals surface area contributed by atoms with E-state index in [1.165, 1.54) is 14.2 Å². The van der Waals surface area contributed by atoms with E-state index in [0.29, 0.717) is 27.2 Å². The molecular formula is C24H22BrN3O4. The maximum atomic E-state index is 12.8. The van der Waals surface area contributed by atoms with Crippen LogP contribution in [0.4, 0.5) is 5.69 Å². The van der Waals surface area contributed by atoms with Crippen molar-refractivity contribution in [3.05, 3.63) is 87.4 Å². The standard InChI is InChI=1S/C24H22BrN3O4/c1-15-4-6-16(7-5-15)14-26-28-24(30)19-13-18(25)9-10-20(19)27-23(29)17-8-11-21(31-2)22(12-17)32-3/h4-14H,1-3H3,(H,27,29)(H,28,30). The molecule has 3 aromatic carbocycles. The van der Waals surface area contributed by atoms with E-state index in [1.807, 2.05) is 31.2 Å². The number of nitrogens with one attached hydrogen (secondary N) is 2. The molecule has 0 saturated carbocycles. The average molecular weight is 496 g/mol. The Balaban J connectivity index is 1.77. The number of hydrogen-bond acceptors (Lipinski definition) is 5. The summed E-state index contributed by atoms with van der Waals surface area (Å²) in [5.41, 5.74) is 5.44. The first kappa shape index (κ1) is 23.0. The molecule has 0 aromatic heterocycles. The zero-order valence-corrected chi connectivity index (χ0v) is 19.4. The third-order valence-electron chi connectivity index (χ3n) is 4.58. The monoisotopic (exact) mass is 495 g/mol. The van der Waals surface area contributed by atoms with Gasteiger partial charge < -0.3 is 14.8 Å². The van der Waals surface area contributed by atoms with Crippen molar-refractivity contribution < 1.29 is 19.1 Å². The lowest BCUT2D eigenvalue weighted by Gasteiger charge is -2.12. The molecular weight excluding hydrogens is 474 g/mol. The zero-order valence-electron chi connectivity index (χ0n) is 17.8. The summed E-state index contributed by atoms with van der Waals surface area (Å²) in [5, 5.41) is 6.78. The first-order valence-electron chi connectivity index (χ1n) is 9.64. The zero-order chi connectivity index (χ0) is 23.1. The summed E-state index contributed by atoms with van der Waals surface area (Å²) in [5.74, 6) is 0.0846. The molecule has 0 spiro atoms. The van der Waals surface area contributed by atoms with E-state index in [-0.39, 0.29) is 5.56 Å². The van der Waals surface area contributed by atoms with E-state index in [2.05, 4.69) is 31.8 Å². The van der Waals surface area contributed by atoms with Crippen molar-refractivity contribution in [2.75, 3.05) is 19.5 Å². The van der Waals surface area contributed by atoms with Crippen molar-refractivity contribution in [1.29, 1.82) is 0 Å². The summed E-state index contributed by atoms with van der Waals surface area (Å²) < 4.78 is 11.1. The van der Waals surface area contributed by atoms with Crippen molar-refractivity contribution >= 4 is 39.6 Å². The number of methoxy groups -OCH3 is 2. The van der Waals surface area contributed by atoms with Crippen molar-refractivity contribution in [2.24, 2.45) is 5.10 Å². The van der Waals surface area contributed by atoms with Crippen LogP contribution in [0, 0.1) is 6.92 Å². The number of hydrogen-bond donors (Lipinski definition) is 2. The number of nitrogens with zero attached hydrogens (tertiary/aromatic N) is 1. The van der Waals surface area contributed by atoms with Crippen LogP contribution < -0.4 is 20.2 Å². The second-order valence-electron chi connectivity index (χ2n) is 6.82. The Bertz CT molecular complexity index is 1160. The summed E-state index contributed by atoms with van der Waals surface area (Å²) in [6.07, 6.45) is 1.55. The van der Waals surface area contributed by atoms with Gasteiger partial charge in [0, 0.05) is 10.0 Å². The molecule has 0 bridgehead atoms. The van der Waals surface area contributed by atoms with Gasteiger partial charge in [-0.1, -0.05) is 45.8 Å². The molecule has 0 fully saturated rings. The Morgan fingerprint density at radius 3 is 2.31 bits per heavy atom. The molecule has 0 aliphatic heterocycles. The lowest BCUT2D eigenvalue weighted by Crippen LogP contribution is -2.21. The second kappa shape index (κ2) is 10.6. The lowest BCUT2D eigenvalue weighted by molar-refractivity contribution is 0.0956. The van der Waals surface area contributed by atoms with Crippen molar-refractivity contribution in [2.45, 2.75) is 6.92 Å². The minimum Gasteiger partial charge on any atom is -0.493 e. The Labute approximate surface area is 194 Å². The van der Waals surface area contributed by atoms with Gasteiger partial charge in [-0.2, -0.15) is 5.10 Å². The van der Waals surface area contributed by atoms with Crippen LogP contribution in [-0.4, -0.2) is 32.2 Å². The molecule has 8 heteroatoms. The van der Waals surface area contributed by atoms with Gasteiger partial charge in [-0.3, -0.25) is 9.59 Å². The van der Waals surface area contributed by atoms with Gasteiger partial charge in [0.2, 0.25) is 0 Å². The van der Waals surface area contributed by atoms with Crippen LogP contribution in [-0.2, 0) is 0 Å². The molecule has 7 nitrogen and oxygen atoms in total. The number of rotatable bonds is 7. The van der Waals surface area contributed by atoms with Gasteiger partial charge in [0.25, 0.3) is 11.8 Å². The van der Waals surface area contributed by atoms with Crippen LogP contribution in [0.5, 0.6) is 11.5 Å². The molecule has 0 unspecified atom stereocenters. The third kappa shape index (κ3) is 5.73. The van der Waals surface area contributed by atoms with Crippen LogP contribution in [0.15, 0.2) is 70.2 Å². The maximum Gasteiger partial charge on any atom is 0.273 e. The second-order valence-corrected chi connectivity index (χ2v) is 7.74. The minimum absolute atomic E-state index is 0.259. The first-order valence-corrected chi connectivity index (χ1v) is 10.4. The summed E-state index contributed by atoms with van der Waals surface area (Å²) in [6.45, 7) is 1.99. The maximum absolute atomic E-state index is 12.8. The van der Waals surface area contributed by atoms with E-state index in [0.717, 1.165) is 11.1 Å². The van der Waals surface area contributed by atoms with E-state index in [9.17, 15) is 9.59 Å². The molecule has 3 aromatic rings. The third-order valence-corrected chi connectivity index (χ3v) is 5.07. The molecule has 32 heavy (non-hydrogen) atoms. The average Bonchev–Trinajstić information content (AvgIpc) is 2.80. The van der Waals surface area contributed by atoms with Crippen LogP contribution in [0.25, 0.3) is 0 Å². The Hall–Kier alpha value is -3.65. The van der Waals surface area contributed by atoms with Crippen molar-refractivity contribution in [1.82, 2.24) is 5.43 Å². The molecule has 2 amide bonds. The van der Waals surface area contributed by atoms with Crippen molar-refractivity contribution in [3.8, 4) is 11.5 Å². The van der Waals surface area contributed by atoms with Gasteiger partial charge in [0.05, 0.1) is 31.7 Å². The number of hydrazone groups is 1. The SMILES string of the molecule is COc1ccc(C(=O)Nc2ccc(Br)cc2C(=O)NN=Cc2ccc(C)cc2)cc1OC. The Morgan fingerprint density at radius 1 is 0.906 bits per heavy atom. The van der Waals surface area contributed by atoms with Gasteiger partial charge >= 0.3 is 0 Å². The quantitative estimate of drug-likeness (QED) is 0.364. The van der Waals surface area contributed by atoms with E-state index in [4.69, 9.17) is 9.47 Å². The fourth-order valence-electron chi connectivity index (χ4n) is 2.86. The predicted octanol–water partition coefficient (Wildman–Crippen LogP) is 4.79. The molecule has 0 aliphatic carbocycles. The van der Waals surface area contributed by atoms with Crippen molar-refractivity contribution in [3.63, 3.8) is 0 Å². The highest BCUT2D eigenvalue weighted by Crippen LogP contribution is 2.28.